The number of carboxylic acid groups (broad SMARTS) is 1. The Bertz CT molecular complexity index is 1020. The van der Waals surface area contributed by atoms with Crippen molar-refractivity contribution in [1.82, 2.24) is 20.4 Å². The third kappa shape index (κ3) is 5.36. The number of amides is 2. The Morgan fingerprint density at radius 3 is 2.76 bits per heavy atom. The summed E-state index contributed by atoms with van der Waals surface area (Å²) >= 11 is 1.03. The van der Waals surface area contributed by atoms with Crippen LogP contribution in [0.15, 0.2) is 22.5 Å². The summed E-state index contributed by atoms with van der Waals surface area (Å²) in [4.78, 5) is 61.2. The number of hydroxylamine groups is 4. The van der Waals surface area contributed by atoms with E-state index in [4.69, 9.17) is 20.5 Å². The molecule has 0 aliphatic carbocycles. The number of nitrogens with zero attached hydrogens (tertiary/aromatic N) is 4. The van der Waals surface area contributed by atoms with E-state index in [1.54, 1.807) is 6.92 Å². The Labute approximate surface area is 189 Å². The van der Waals surface area contributed by atoms with Crippen molar-refractivity contribution in [3.63, 3.8) is 0 Å². The number of rotatable bonds is 9. The molecule has 15 nitrogen and oxygen atoms in total. The maximum absolute atomic E-state index is 12.8. The SMILES string of the molecule is C[C@H]1[C@H](NC(=O)/C(=N\OCC2CC(=O)C(O)=CN2O)c2csc(N)n2)C(=O)N1OCC(=O)O. The van der Waals surface area contributed by atoms with Gasteiger partial charge in [0, 0.05) is 11.8 Å². The fourth-order valence-electron chi connectivity index (χ4n) is 2.93. The largest absolute Gasteiger partial charge is 0.503 e. The molecule has 0 aromatic carbocycles. The summed E-state index contributed by atoms with van der Waals surface area (Å²) in [7, 11) is 0. The van der Waals surface area contributed by atoms with Gasteiger partial charge in [-0.3, -0.25) is 29.5 Å². The molecular formula is C17H20N6O9S. The van der Waals surface area contributed by atoms with Gasteiger partial charge in [0.05, 0.1) is 18.3 Å². The van der Waals surface area contributed by atoms with Crippen molar-refractivity contribution in [1.29, 1.82) is 0 Å². The zero-order valence-corrected chi connectivity index (χ0v) is 17.9. The number of oxime groups is 1. The molecule has 16 heteroatoms. The van der Waals surface area contributed by atoms with E-state index in [1.807, 2.05) is 0 Å². The number of carbonyl (C=O) groups is 4. The number of carbonyl (C=O) groups excluding carboxylic acids is 3. The minimum atomic E-state index is -1.26. The number of ketones is 1. The first-order chi connectivity index (χ1) is 15.6. The van der Waals surface area contributed by atoms with Gasteiger partial charge in [-0.15, -0.1) is 11.3 Å². The normalized spacial score (nSPS) is 23.2. The highest BCUT2D eigenvalue weighted by molar-refractivity contribution is 7.13. The molecular weight excluding hydrogens is 464 g/mol. The van der Waals surface area contributed by atoms with Gasteiger partial charge in [0.2, 0.25) is 5.78 Å². The smallest absolute Gasteiger partial charge is 0.332 e. The van der Waals surface area contributed by atoms with Crippen LogP contribution >= 0.6 is 11.3 Å². The van der Waals surface area contributed by atoms with E-state index < -0.39 is 54.1 Å². The number of allylic oxidation sites excluding steroid dienone is 1. The van der Waals surface area contributed by atoms with Crippen molar-refractivity contribution >= 4 is 45.7 Å². The lowest BCUT2D eigenvalue weighted by Gasteiger charge is -2.43. The van der Waals surface area contributed by atoms with E-state index in [9.17, 15) is 29.5 Å². The zero-order chi connectivity index (χ0) is 24.3. The van der Waals surface area contributed by atoms with Crippen LogP contribution in [0.5, 0.6) is 0 Å². The van der Waals surface area contributed by atoms with Gasteiger partial charge in [-0.05, 0) is 6.92 Å². The molecule has 2 aliphatic heterocycles. The molecule has 0 saturated carbocycles. The van der Waals surface area contributed by atoms with E-state index in [2.05, 4.69) is 15.5 Å². The molecule has 1 aromatic heterocycles. The zero-order valence-electron chi connectivity index (χ0n) is 17.1. The standard InChI is InChI=1S/C17H20N6O9S/c1-7-13(16(29)23(7)32-5-12(26)27)20-15(28)14(9-6-33-17(18)19-9)21-31-4-8-2-10(24)11(25)3-22(8)30/h3,6-8,13,25,30H,2,4-5H2,1H3,(H2,18,19)(H,20,28)(H,26,27)/b21-14-/t7-,8?,13-/m0/s1. The Morgan fingerprint density at radius 1 is 1.42 bits per heavy atom. The molecule has 1 saturated heterocycles. The van der Waals surface area contributed by atoms with Crippen molar-refractivity contribution in [3.8, 4) is 0 Å². The highest BCUT2D eigenvalue weighted by Crippen LogP contribution is 2.21. The molecule has 1 fully saturated rings. The number of nitrogens with one attached hydrogen (secondary N) is 1. The van der Waals surface area contributed by atoms with E-state index >= 15 is 0 Å². The molecule has 6 N–H and O–H groups in total. The Morgan fingerprint density at radius 2 is 2.15 bits per heavy atom. The van der Waals surface area contributed by atoms with Gasteiger partial charge < -0.3 is 26.1 Å². The number of carboxylic acids is 1. The van der Waals surface area contributed by atoms with Crippen LogP contribution in [0.2, 0.25) is 0 Å². The first kappa shape index (κ1) is 23.9. The lowest BCUT2D eigenvalue weighted by Crippen LogP contribution is -2.70. The van der Waals surface area contributed by atoms with Crippen molar-refractivity contribution in [2.24, 2.45) is 5.16 Å². The number of nitrogen functional groups attached to an aromatic ring is 1. The molecule has 178 valence electrons. The second-order valence-electron chi connectivity index (χ2n) is 7.01. The van der Waals surface area contributed by atoms with Gasteiger partial charge in [-0.25, -0.2) is 14.8 Å². The monoisotopic (exact) mass is 484 g/mol. The van der Waals surface area contributed by atoms with E-state index in [0.717, 1.165) is 22.6 Å². The summed E-state index contributed by atoms with van der Waals surface area (Å²) in [6.45, 7) is 0.507. The summed E-state index contributed by atoms with van der Waals surface area (Å²) in [6.07, 6.45) is 0.583. The third-order valence-corrected chi connectivity index (χ3v) is 5.36. The minimum Gasteiger partial charge on any atom is -0.503 e. The third-order valence-electron chi connectivity index (χ3n) is 4.69. The predicted molar refractivity (Wildman–Crippen MR) is 109 cm³/mol. The summed E-state index contributed by atoms with van der Waals surface area (Å²) in [5.74, 6) is -3.95. The van der Waals surface area contributed by atoms with Gasteiger partial charge >= 0.3 is 5.97 Å². The Hall–Kier alpha value is -3.76. The van der Waals surface area contributed by atoms with Crippen LogP contribution in [-0.4, -0.2) is 91.1 Å². The molecule has 2 amide bonds. The van der Waals surface area contributed by atoms with Crippen LogP contribution in [0.1, 0.15) is 19.0 Å². The molecule has 0 radical (unpaired) electrons. The molecule has 3 atom stereocenters. The summed E-state index contributed by atoms with van der Waals surface area (Å²) < 4.78 is 0. The number of thiazole rings is 1. The number of aliphatic hydroxyl groups is 1. The number of β-lactam (4-membered cyclic amide) rings is 1. The number of aliphatic hydroxyl groups excluding tert-OH is 1. The Balaban J connectivity index is 1.67. The quantitative estimate of drug-likeness (QED) is 0.155. The van der Waals surface area contributed by atoms with Crippen molar-refractivity contribution in [3.05, 3.63) is 23.0 Å². The van der Waals surface area contributed by atoms with Crippen molar-refractivity contribution in [2.45, 2.75) is 31.5 Å². The molecule has 2 aliphatic rings. The maximum Gasteiger partial charge on any atom is 0.332 e. The van der Waals surface area contributed by atoms with E-state index in [-0.39, 0.29) is 29.6 Å². The summed E-state index contributed by atoms with van der Waals surface area (Å²) in [6, 6.07) is -2.53. The number of aliphatic carboxylic acids is 1. The highest BCUT2D eigenvalue weighted by atomic mass is 32.1. The number of hydrogen-bond acceptors (Lipinski definition) is 13. The van der Waals surface area contributed by atoms with Crippen LogP contribution in [0.25, 0.3) is 0 Å². The van der Waals surface area contributed by atoms with E-state index in [0.29, 0.717) is 5.06 Å². The van der Waals surface area contributed by atoms with Crippen LogP contribution < -0.4 is 11.1 Å². The van der Waals surface area contributed by atoms with Gasteiger partial charge in [0.25, 0.3) is 11.8 Å². The number of aromatic nitrogens is 1. The van der Waals surface area contributed by atoms with Gasteiger partial charge in [0.15, 0.2) is 23.2 Å². The summed E-state index contributed by atoms with van der Waals surface area (Å²) in [5.41, 5.74) is 5.35. The van der Waals surface area contributed by atoms with Crippen LogP contribution in [0, 0.1) is 0 Å². The van der Waals surface area contributed by atoms with Gasteiger partial charge in [-0.1, -0.05) is 5.16 Å². The number of Topliss-reactive ketones (excluding diaryl/α,β-unsaturated/α-hetero) is 1. The Kier molecular flexibility index (Phi) is 7.10. The van der Waals surface area contributed by atoms with Gasteiger partial charge in [-0.2, -0.15) is 0 Å². The topological polar surface area (TPSA) is 217 Å². The molecule has 3 heterocycles. The second-order valence-corrected chi connectivity index (χ2v) is 7.89. The van der Waals surface area contributed by atoms with Crippen LogP contribution in [0.3, 0.4) is 0 Å². The van der Waals surface area contributed by atoms with E-state index in [1.165, 1.54) is 5.38 Å². The molecule has 1 unspecified atom stereocenters. The van der Waals surface area contributed by atoms with Crippen molar-refractivity contribution in [2.75, 3.05) is 18.9 Å². The minimum absolute atomic E-state index is 0.0616. The van der Waals surface area contributed by atoms with Crippen molar-refractivity contribution < 1.29 is 44.3 Å². The first-order valence-electron chi connectivity index (χ1n) is 9.39. The molecule has 3 rings (SSSR count). The average molecular weight is 484 g/mol. The summed E-state index contributed by atoms with van der Waals surface area (Å²) in [5, 5.41) is 37.0. The average Bonchev–Trinajstić information content (AvgIpc) is 3.18. The number of nitrogens with two attached hydrogens (primary N) is 1. The molecule has 1 aromatic rings. The molecule has 0 bridgehead atoms. The fourth-order valence-corrected chi connectivity index (χ4v) is 3.48. The maximum atomic E-state index is 12.8. The first-order valence-corrected chi connectivity index (χ1v) is 10.3. The van der Waals surface area contributed by atoms with Crippen LogP contribution in [-0.2, 0) is 28.9 Å². The highest BCUT2D eigenvalue weighted by Gasteiger charge is 2.47. The number of hydrogen-bond donors (Lipinski definition) is 5. The fraction of sp³-hybridized carbons (Fsp3) is 0.412. The van der Waals surface area contributed by atoms with Crippen LogP contribution in [0.4, 0.5) is 5.13 Å². The molecule has 33 heavy (non-hydrogen) atoms. The second kappa shape index (κ2) is 9.80. The molecule has 0 spiro atoms. The number of anilines is 1. The lowest BCUT2D eigenvalue weighted by molar-refractivity contribution is -0.233. The van der Waals surface area contributed by atoms with Gasteiger partial charge in [0.1, 0.15) is 18.3 Å². The lowest BCUT2D eigenvalue weighted by atomic mass is 10.00. The predicted octanol–water partition coefficient (Wildman–Crippen LogP) is -1.39.